The van der Waals surface area contributed by atoms with E-state index in [1.54, 1.807) is 13.0 Å². The highest BCUT2D eigenvalue weighted by atomic mass is 79.9. The maximum Gasteiger partial charge on any atom is 0.228 e. The van der Waals surface area contributed by atoms with Crippen LogP contribution in [0.1, 0.15) is 32.7 Å². The molecule has 0 N–H and O–H groups in total. The molecular weight excluding hydrogens is 402 g/mol. The van der Waals surface area contributed by atoms with Gasteiger partial charge in [-0.3, -0.25) is 4.79 Å². The number of carbonyl (C=O) groups is 1. The third-order valence-electron chi connectivity index (χ3n) is 4.20. The van der Waals surface area contributed by atoms with Crippen LogP contribution < -0.4 is 18.9 Å². The molecular formula is C19H22BrNO5. The Morgan fingerprint density at radius 3 is 2.04 bits per heavy atom. The molecule has 0 spiro atoms. The van der Waals surface area contributed by atoms with Gasteiger partial charge in [-0.25, -0.2) is 4.98 Å². The van der Waals surface area contributed by atoms with Gasteiger partial charge in [-0.15, -0.1) is 0 Å². The summed E-state index contributed by atoms with van der Waals surface area (Å²) >= 11 is 3.46. The van der Waals surface area contributed by atoms with Gasteiger partial charge in [-0.05, 0) is 53.9 Å². The smallest absolute Gasteiger partial charge is 0.228 e. The summed E-state index contributed by atoms with van der Waals surface area (Å²) in [7, 11) is 6.08. The first-order chi connectivity index (χ1) is 12.3. The number of halogens is 1. The predicted octanol–water partition coefficient (Wildman–Crippen LogP) is 4.03. The van der Waals surface area contributed by atoms with Crippen molar-refractivity contribution in [3.63, 3.8) is 0 Å². The number of methoxy groups -OCH3 is 4. The van der Waals surface area contributed by atoms with Crippen LogP contribution in [0.5, 0.6) is 23.1 Å². The Balaban J connectivity index is 2.78. The molecule has 0 unspecified atom stereocenters. The van der Waals surface area contributed by atoms with E-state index in [4.69, 9.17) is 18.9 Å². The maximum atomic E-state index is 13.4. The Kier molecular flexibility index (Phi) is 6.13. The summed E-state index contributed by atoms with van der Waals surface area (Å²) in [6.07, 6.45) is 0. The summed E-state index contributed by atoms with van der Waals surface area (Å²) in [4.78, 5) is 17.8. The normalized spacial score (nSPS) is 10.5. The van der Waals surface area contributed by atoms with Crippen LogP contribution in [0.2, 0.25) is 0 Å². The Bertz CT molecular complexity index is 864. The van der Waals surface area contributed by atoms with E-state index in [1.165, 1.54) is 28.4 Å². The third-order valence-corrected chi connectivity index (χ3v) is 5.13. The van der Waals surface area contributed by atoms with E-state index in [2.05, 4.69) is 20.9 Å². The van der Waals surface area contributed by atoms with Gasteiger partial charge in [0.15, 0.2) is 17.3 Å². The lowest BCUT2D eigenvalue weighted by Crippen LogP contribution is -2.13. The lowest BCUT2D eigenvalue weighted by molar-refractivity contribution is 0.103. The first-order valence-corrected chi connectivity index (χ1v) is 8.66. The topological polar surface area (TPSA) is 66.9 Å². The Morgan fingerprint density at radius 1 is 0.923 bits per heavy atom. The molecule has 0 aliphatic carbocycles. The molecule has 1 aromatic carbocycles. The summed E-state index contributed by atoms with van der Waals surface area (Å²) in [6, 6.07) is 1.76. The van der Waals surface area contributed by atoms with Gasteiger partial charge in [0.1, 0.15) is 0 Å². The van der Waals surface area contributed by atoms with Crippen molar-refractivity contribution in [2.45, 2.75) is 20.8 Å². The number of ketones is 1. The fraction of sp³-hybridized carbons (Fsp3) is 0.368. The minimum atomic E-state index is -0.203. The molecule has 0 saturated carbocycles. The number of rotatable bonds is 6. The molecule has 0 radical (unpaired) electrons. The Hall–Kier alpha value is -2.28. The Morgan fingerprint density at radius 2 is 1.54 bits per heavy atom. The van der Waals surface area contributed by atoms with Crippen LogP contribution in [0.3, 0.4) is 0 Å². The monoisotopic (exact) mass is 423 g/mol. The van der Waals surface area contributed by atoms with Crippen molar-refractivity contribution in [1.29, 1.82) is 0 Å². The first-order valence-electron chi connectivity index (χ1n) is 7.87. The van der Waals surface area contributed by atoms with Crippen molar-refractivity contribution in [3.8, 4) is 23.1 Å². The zero-order chi connectivity index (χ0) is 19.6. The number of hydrogen-bond donors (Lipinski definition) is 0. The van der Waals surface area contributed by atoms with Crippen molar-refractivity contribution in [2.75, 3.05) is 28.4 Å². The molecule has 2 aromatic rings. The summed E-state index contributed by atoms with van der Waals surface area (Å²) in [5, 5.41) is 0. The number of nitrogens with zero attached hydrogens (tertiary/aromatic N) is 1. The minimum Gasteiger partial charge on any atom is -0.493 e. The highest BCUT2D eigenvalue weighted by Gasteiger charge is 2.28. The third kappa shape index (κ3) is 3.23. The first kappa shape index (κ1) is 20.0. The molecule has 0 bridgehead atoms. The summed E-state index contributed by atoms with van der Waals surface area (Å²) in [6.45, 7) is 5.45. The van der Waals surface area contributed by atoms with Crippen LogP contribution in [-0.4, -0.2) is 39.2 Å². The van der Waals surface area contributed by atoms with Crippen LogP contribution in [0, 0.1) is 20.8 Å². The van der Waals surface area contributed by atoms with E-state index in [0.717, 1.165) is 11.1 Å². The summed E-state index contributed by atoms with van der Waals surface area (Å²) in [5.41, 5.74) is 2.94. The van der Waals surface area contributed by atoms with Crippen LogP contribution >= 0.6 is 15.9 Å². The number of ether oxygens (including phenoxy) is 4. The number of benzene rings is 1. The molecule has 1 aromatic heterocycles. The quantitative estimate of drug-likeness (QED) is 0.653. The molecule has 1 heterocycles. The number of aryl methyl sites for hydroxylation is 2. The fourth-order valence-electron chi connectivity index (χ4n) is 2.95. The van der Waals surface area contributed by atoms with Gasteiger partial charge in [0, 0.05) is 5.56 Å². The van der Waals surface area contributed by atoms with Gasteiger partial charge in [-0.1, -0.05) is 0 Å². The van der Waals surface area contributed by atoms with Crippen molar-refractivity contribution in [3.05, 3.63) is 38.5 Å². The fourth-order valence-corrected chi connectivity index (χ4v) is 3.40. The average Bonchev–Trinajstić information content (AvgIpc) is 2.63. The average molecular weight is 424 g/mol. The molecule has 7 heteroatoms. The molecule has 0 saturated heterocycles. The molecule has 6 nitrogen and oxygen atoms in total. The van der Waals surface area contributed by atoms with Crippen molar-refractivity contribution >= 4 is 21.7 Å². The van der Waals surface area contributed by atoms with Gasteiger partial charge in [0.25, 0.3) is 0 Å². The Labute approximate surface area is 161 Å². The summed E-state index contributed by atoms with van der Waals surface area (Å²) in [5.74, 6) is 1.44. The van der Waals surface area contributed by atoms with Crippen molar-refractivity contribution in [1.82, 2.24) is 4.98 Å². The standard InChI is InChI=1S/C19H22BrNO5/c1-9-8-12(23-4)17(24-5)18(25-6)13(9)16(22)14-10(2)15(20)19(26-7)21-11(14)3/h8H,1-7H3. The lowest BCUT2D eigenvalue weighted by atomic mass is 9.93. The largest absolute Gasteiger partial charge is 0.493 e. The molecule has 0 aliphatic heterocycles. The highest BCUT2D eigenvalue weighted by Crippen LogP contribution is 2.43. The van der Waals surface area contributed by atoms with E-state index in [9.17, 15) is 4.79 Å². The van der Waals surface area contributed by atoms with Gasteiger partial charge < -0.3 is 18.9 Å². The number of carbonyl (C=O) groups excluding carboxylic acids is 1. The minimum absolute atomic E-state index is 0.203. The molecule has 0 atom stereocenters. The van der Waals surface area contributed by atoms with E-state index < -0.39 is 0 Å². The number of pyridine rings is 1. The van der Waals surface area contributed by atoms with Gasteiger partial charge in [0.05, 0.1) is 44.2 Å². The van der Waals surface area contributed by atoms with E-state index in [-0.39, 0.29) is 5.78 Å². The van der Waals surface area contributed by atoms with Crippen molar-refractivity contribution < 1.29 is 23.7 Å². The zero-order valence-electron chi connectivity index (χ0n) is 15.9. The highest BCUT2D eigenvalue weighted by molar-refractivity contribution is 9.10. The molecule has 140 valence electrons. The molecule has 0 amide bonds. The second kappa shape index (κ2) is 7.95. The molecule has 2 rings (SSSR count). The lowest BCUT2D eigenvalue weighted by Gasteiger charge is -2.19. The van der Waals surface area contributed by atoms with Crippen LogP contribution in [0.25, 0.3) is 0 Å². The number of hydrogen-bond acceptors (Lipinski definition) is 6. The zero-order valence-corrected chi connectivity index (χ0v) is 17.5. The van der Waals surface area contributed by atoms with E-state index in [0.29, 0.717) is 44.4 Å². The van der Waals surface area contributed by atoms with E-state index in [1.807, 2.05) is 13.8 Å². The van der Waals surface area contributed by atoms with Crippen LogP contribution in [0.15, 0.2) is 10.5 Å². The second-order valence-electron chi connectivity index (χ2n) is 5.69. The second-order valence-corrected chi connectivity index (χ2v) is 6.48. The molecule has 26 heavy (non-hydrogen) atoms. The number of aromatic nitrogens is 1. The van der Waals surface area contributed by atoms with Crippen LogP contribution in [0.4, 0.5) is 0 Å². The maximum absolute atomic E-state index is 13.4. The van der Waals surface area contributed by atoms with Gasteiger partial charge >= 0.3 is 0 Å². The predicted molar refractivity (Wildman–Crippen MR) is 102 cm³/mol. The van der Waals surface area contributed by atoms with Crippen molar-refractivity contribution in [2.24, 2.45) is 0 Å². The molecule has 0 aliphatic rings. The van der Waals surface area contributed by atoms with Gasteiger partial charge in [0.2, 0.25) is 11.6 Å². The SMILES string of the molecule is COc1cc(C)c(C(=O)c2c(C)nc(OC)c(Br)c2C)c(OC)c1OC. The molecule has 0 fully saturated rings. The van der Waals surface area contributed by atoms with E-state index >= 15 is 0 Å². The van der Waals surface area contributed by atoms with Gasteiger partial charge in [-0.2, -0.15) is 0 Å². The summed E-state index contributed by atoms with van der Waals surface area (Å²) < 4.78 is 22.2. The van der Waals surface area contributed by atoms with Crippen LogP contribution in [-0.2, 0) is 0 Å².